The molecule has 0 amide bonds. The van der Waals surface area contributed by atoms with Gasteiger partial charge in [0.25, 0.3) is 0 Å². The first-order valence-electron chi connectivity index (χ1n) is 3.65. The molecule has 1 saturated heterocycles. The van der Waals surface area contributed by atoms with E-state index in [2.05, 4.69) is 4.99 Å². The lowest BCUT2D eigenvalue weighted by molar-refractivity contribution is 0.0216. The minimum absolute atomic E-state index is 0.171. The predicted octanol–water partition coefficient (Wildman–Crippen LogP) is -0.813. The van der Waals surface area contributed by atoms with Crippen LogP contribution in [-0.2, 0) is 4.74 Å². The maximum absolute atomic E-state index is 9.35. The molecule has 1 rings (SSSR count). The average molecular weight is 169 g/mol. The van der Waals surface area contributed by atoms with Crippen molar-refractivity contribution in [2.24, 2.45) is 4.99 Å². The third-order valence-corrected chi connectivity index (χ3v) is 1.85. The van der Waals surface area contributed by atoms with Gasteiger partial charge >= 0.3 is 0 Å². The van der Waals surface area contributed by atoms with Crippen LogP contribution in [0.25, 0.3) is 0 Å². The summed E-state index contributed by atoms with van der Waals surface area (Å²) in [6, 6.07) is 0. The lowest BCUT2D eigenvalue weighted by Crippen LogP contribution is -2.25. The lowest BCUT2D eigenvalue weighted by atomic mass is 10.3. The van der Waals surface area contributed by atoms with Gasteiger partial charge in [0.2, 0.25) is 6.19 Å². The van der Waals surface area contributed by atoms with Crippen LogP contribution in [0.5, 0.6) is 0 Å². The average Bonchev–Trinajstić information content (AvgIpc) is 2.43. The molecule has 0 aliphatic carbocycles. The van der Waals surface area contributed by atoms with Gasteiger partial charge in [-0.3, -0.25) is 0 Å². The van der Waals surface area contributed by atoms with Crippen LogP contribution < -0.4 is 0 Å². The Kier molecular flexibility index (Phi) is 3.02. The van der Waals surface area contributed by atoms with Gasteiger partial charge in [-0.05, 0) is 0 Å². The second-order valence-electron chi connectivity index (χ2n) is 2.64. The number of methoxy groups -OCH3 is 1. The van der Waals surface area contributed by atoms with E-state index in [0.717, 1.165) is 0 Å². The first-order chi connectivity index (χ1) is 5.77. The molecule has 1 heterocycles. The van der Waals surface area contributed by atoms with Gasteiger partial charge in [-0.15, -0.1) is 0 Å². The van der Waals surface area contributed by atoms with Gasteiger partial charge in [0.05, 0.1) is 6.10 Å². The van der Waals surface area contributed by atoms with Gasteiger partial charge < -0.3 is 14.7 Å². The topological polar surface area (TPSA) is 68.8 Å². The Hall–Kier alpha value is -1.12. The van der Waals surface area contributed by atoms with Gasteiger partial charge in [0.15, 0.2) is 0 Å². The van der Waals surface area contributed by atoms with Crippen molar-refractivity contribution < 1.29 is 9.84 Å². The quantitative estimate of drug-likeness (QED) is 0.333. The molecule has 0 saturated carbocycles. The van der Waals surface area contributed by atoms with Gasteiger partial charge in [-0.1, -0.05) is 0 Å². The number of likely N-dealkylation sites (tertiary alicyclic amines) is 1. The Labute approximate surface area is 70.9 Å². The standard InChI is InChI=1S/C7H11N3O2/c1-12-7-3-10(2-6(7)11)5-9-4-8/h5-7,11H,2-3H2,1H3/b9-5+/t6-,7-/m1/s1. The minimum atomic E-state index is -0.486. The van der Waals surface area contributed by atoms with E-state index in [1.807, 2.05) is 0 Å². The number of rotatable bonds is 2. The van der Waals surface area contributed by atoms with Gasteiger partial charge in [-0.25, -0.2) is 0 Å². The lowest BCUT2D eigenvalue weighted by Gasteiger charge is -2.09. The highest BCUT2D eigenvalue weighted by molar-refractivity contribution is 5.56. The van der Waals surface area contributed by atoms with Gasteiger partial charge in [-0.2, -0.15) is 10.3 Å². The van der Waals surface area contributed by atoms with Crippen LogP contribution >= 0.6 is 0 Å². The zero-order chi connectivity index (χ0) is 8.97. The van der Waals surface area contributed by atoms with E-state index in [1.165, 1.54) is 6.34 Å². The summed E-state index contributed by atoms with van der Waals surface area (Å²) in [5, 5.41) is 17.5. The van der Waals surface area contributed by atoms with E-state index in [-0.39, 0.29) is 6.10 Å². The first kappa shape index (κ1) is 8.97. The molecule has 0 radical (unpaired) electrons. The highest BCUT2D eigenvalue weighted by Gasteiger charge is 2.29. The summed E-state index contributed by atoms with van der Waals surface area (Å²) in [5.74, 6) is 0. The van der Waals surface area contributed by atoms with E-state index < -0.39 is 6.10 Å². The molecule has 1 N–H and O–H groups in total. The highest BCUT2D eigenvalue weighted by atomic mass is 16.5. The van der Waals surface area contributed by atoms with Crippen molar-refractivity contribution in [2.75, 3.05) is 20.2 Å². The van der Waals surface area contributed by atoms with E-state index in [9.17, 15) is 5.11 Å². The number of nitriles is 1. The highest BCUT2D eigenvalue weighted by Crippen LogP contribution is 2.10. The molecular formula is C7H11N3O2. The van der Waals surface area contributed by atoms with Crippen molar-refractivity contribution >= 4 is 6.34 Å². The number of aliphatic imine (C=N–C) groups is 1. The zero-order valence-electron chi connectivity index (χ0n) is 6.84. The van der Waals surface area contributed by atoms with Crippen LogP contribution in [0.1, 0.15) is 0 Å². The van der Waals surface area contributed by atoms with Gasteiger partial charge in [0.1, 0.15) is 12.4 Å². The normalized spacial score (nSPS) is 29.6. The van der Waals surface area contributed by atoms with Gasteiger partial charge in [0, 0.05) is 20.2 Å². The maximum atomic E-state index is 9.35. The molecule has 0 bridgehead atoms. The molecule has 5 nitrogen and oxygen atoms in total. The summed E-state index contributed by atoms with van der Waals surface area (Å²) >= 11 is 0. The Bertz CT molecular complexity index is 211. The molecule has 0 aromatic rings. The number of aliphatic hydroxyl groups is 1. The van der Waals surface area contributed by atoms with Crippen molar-refractivity contribution in [3.63, 3.8) is 0 Å². The minimum Gasteiger partial charge on any atom is -0.388 e. The van der Waals surface area contributed by atoms with Crippen molar-refractivity contribution in [2.45, 2.75) is 12.2 Å². The van der Waals surface area contributed by atoms with E-state index in [1.54, 1.807) is 18.2 Å². The molecule has 0 aromatic carbocycles. The zero-order valence-corrected chi connectivity index (χ0v) is 6.84. The summed E-state index contributed by atoms with van der Waals surface area (Å²) in [5.41, 5.74) is 0. The van der Waals surface area contributed by atoms with Crippen LogP contribution in [0.4, 0.5) is 0 Å². The monoisotopic (exact) mass is 169 g/mol. The summed E-state index contributed by atoms with van der Waals surface area (Å²) in [6.45, 7) is 1.06. The Morgan fingerprint density at radius 2 is 2.50 bits per heavy atom. The second-order valence-corrected chi connectivity index (χ2v) is 2.64. The fourth-order valence-electron chi connectivity index (χ4n) is 1.22. The van der Waals surface area contributed by atoms with Crippen LogP contribution in [-0.4, -0.2) is 48.8 Å². The first-order valence-corrected chi connectivity index (χ1v) is 3.65. The SMILES string of the molecule is CO[C@@H]1CN(/C=N/C#N)C[C@H]1O. The molecule has 0 spiro atoms. The number of aliphatic hydroxyl groups excluding tert-OH is 1. The van der Waals surface area contributed by atoms with Crippen LogP contribution in [0.2, 0.25) is 0 Å². The largest absolute Gasteiger partial charge is 0.388 e. The van der Waals surface area contributed by atoms with E-state index in [0.29, 0.717) is 13.1 Å². The molecule has 1 aliphatic heterocycles. The van der Waals surface area contributed by atoms with Crippen molar-refractivity contribution in [3.8, 4) is 6.19 Å². The number of nitrogens with zero attached hydrogens (tertiary/aromatic N) is 3. The molecule has 66 valence electrons. The molecule has 5 heteroatoms. The maximum Gasteiger partial charge on any atom is 0.207 e. The third-order valence-electron chi connectivity index (χ3n) is 1.85. The van der Waals surface area contributed by atoms with E-state index >= 15 is 0 Å². The predicted molar refractivity (Wildman–Crippen MR) is 42.5 cm³/mol. The fourth-order valence-corrected chi connectivity index (χ4v) is 1.22. The molecule has 1 aliphatic rings. The molecule has 2 atom stereocenters. The number of hydrogen-bond acceptors (Lipinski definition) is 4. The van der Waals surface area contributed by atoms with Crippen molar-refractivity contribution in [3.05, 3.63) is 0 Å². The van der Waals surface area contributed by atoms with Crippen LogP contribution in [0, 0.1) is 11.5 Å². The van der Waals surface area contributed by atoms with Crippen molar-refractivity contribution in [1.29, 1.82) is 5.26 Å². The Morgan fingerprint density at radius 1 is 1.75 bits per heavy atom. The number of ether oxygens (including phenoxy) is 1. The summed E-state index contributed by atoms with van der Waals surface area (Å²) in [7, 11) is 1.55. The molecule has 12 heavy (non-hydrogen) atoms. The molecule has 0 aromatic heterocycles. The molecule has 0 unspecified atom stereocenters. The Morgan fingerprint density at radius 3 is 3.00 bits per heavy atom. The third kappa shape index (κ3) is 1.94. The molecule has 1 fully saturated rings. The van der Waals surface area contributed by atoms with Crippen molar-refractivity contribution in [1.82, 2.24) is 4.90 Å². The number of hydrogen-bond donors (Lipinski definition) is 1. The summed E-state index contributed by atoms with van der Waals surface area (Å²) in [4.78, 5) is 5.15. The Balaban J connectivity index is 2.44. The summed E-state index contributed by atoms with van der Waals surface area (Å²) in [6.07, 6.45) is 2.41. The van der Waals surface area contributed by atoms with E-state index in [4.69, 9.17) is 10.00 Å². The summed E-state index contributed by atoms with van der Waals surface area (Å²) < 4.78 is 5.00. The van der Waals surface area contributed by atoms with Crippen LogP contribution in [0.3, 0.4) is 0 Å². The fraction of sp³-hybridized carbons (Fsp3) is 0.714. The van der Waals surface area contributed by atoms with Crippen LogP contribution in [0.15, 0.2) is 4.99 Å². The smallest absolute Gasteiger partial charge is 0.207 e. The molecular weight excluding hydrogens is 158 g/mol. The second kappa shape index (κ2) is 4.04. The number of β-amino-alcohol motifs (C(OH)–C–C–N with tert-alkyl or cyclic N) is 1.